The molecule has 7 nitrogen and oxygen atoms in total. The molecule has 5 rings (SSSR count). The molecule has 0 amide bonds. The molecule has 28 heavy (non-hydrogen) atoms. The standard InChI is InChI=1S/C21H23N5O2/c1-24-8-10-25(11-9-24)7-6-22-16-3-4-17-20-19(16)21(28)15-12-14(27)2-5-18(15)26(20)13-23-17/h2-5,12-13,22,27H,6-11H2,1H3. The van der Waals surface area contributed by atoms with Crippen molar-refractivity contribution in [3.8, 4) is 5.75 Å². The average molecular weight is 377 g/mol. The van der Waals surface area contributed by atoms with Crippen LogP contribution < -0.4 is 10.7 Å². The van der Waals surface area contributed by atoms with Crippen LogP contribution in [0.2, 0.25) is 0 Å². The highest BCUT2D eigenvalue weighted by Gasteiger charge is 2.17. The minimum absolute atomic E-state index is 0.0772. The summed E-state index contributed by atoms with van der Waals surface area (Å²) in [6.07, 6.45) is 1.74. The van der Waals surface area contributed by atoms with E-state index in [2.05, 4.69) is 27.1 Å². The third kappa shape index (κ3) is 2.75. The molecule has 2 aromatic carbocycles. The van der Waals surface area contributed by atoms with Gasteiger partial charge in [0, 0.05) is 45.0 Å². The van der Waals surface area contributed by atoms with Crippen LogP contribution in [0.3, 0.4) is 0 Å². The predicted molar refractivity (Wildman–Crippen MR) is 112 cm³/mol. The van der Waals surface area contributed by atoms with E-state index >= 15 is 0 Å². The van der Waals surface area contributed by atoms with E-state index in [1.165, 1.54) is 6.07 Å². The maximum Gasteiger partial charge on any atom is 0.199 e. The van der Waals surface area contributed by atoms with Crippen LogP contribution in [0.4, 0.5) is 5.69 Å². The molecule has 0 aliphatic carbocycles. The van der Waals surface area contributed by atoms with Gasteiger partial charge in [0.25, 0.3) is 0 Å². The zero-order chi connectivity index (χ0) is 19.3. The highest BCUT2D eigenvalue weighted by atomic mass is 16.3. The number of phenolic OH excluding ortho intramolecular Hbond substituents is 1. The minimum Gasteiger partial charge on any atom is -0.508 e. The molecule has 2 aromatic heterocycles. The van der Waals surface area contributed by atoms with E-state index in [1.807, 2.05) is 16.5 Å². The van der Waals surface area contributed by atoms with Crippen molar-refractivity contribution in [2.75, 3.05) is 51.6 Å². The summed E-state index contributed by atoms with van der Waals surface area (Å²) in [5, 5.41) is 14.5. The second-order valence-electron chi connectivity index (χ2n) is 7.57. The quantitative estimate of drug-likeness (QED) is 0.529. The Morgan fingerprint density at radius 1 is 1.14 bits per heavy atom. The molecule has 1 aliphatic rings. The number of anilines is 1. The van der Waals surface area contributed by atoms with Gasteiger partial charge in [-0.05, 0) is 37.4 Å². The predicted octanol–water partition coefficient (Wildman–Crippen LogP) is 1.80. The first-order valence-corrected chi connectivity index (χ1v) is 9.65. The smallest absolute Gasteiger partial charge is 0.199 e. The van der Waals surface area contributed by atoms with Crippen LogP contribution in [0.5, 0.6) is 5.75 Å². The van der Waals surface area contributed by atoms with Gasteiger partial charge in [0.2, 0.25) is 0 Å². The molecule has 4 aromatic rings. The molecule has 1 saturated heterocycles. The van der Waals surface area contributed by atoms with Crippen molar-refractivity contribution in [1.29, 1.82) is 0 Å². The van der Waals surface area contributed by atoms with Crippen molar-refractivity contribution >= 4 is 33.0 Å². The molecule has 3 heterocycles. The first-order chi connectivity index (χ1) is 13.6. The minimum atomic E-state index is -0.0772. The molecule has 144 valence electrons. The van der Waals surface area contributed by atoms with E-state index in [1.54, 1.807) is 18.5 Å². The maximum atomic E-state index is 13.3. The van der Waals surface area contributed by atoms with Crippen LogP contribution in [0.1, 0.15) is 0 Å². The number of imidazole rings is 1. The third-order valence-corrected chi connectivity index (χ3v) is 5.76. The molecule has 0 radical (unpaired) electrons. The van der Waals surface area contributed by atoms with Crippen LogP contribution >= 0.6 is 0 Å². The number of aromatic nitrogens is 2. The molecular formula is C21H23N5O2. The Hall–Kier alpha value is -2.90. The lowest BCUT2D eigenvalue weighted by Crippen LogP contribution is -2.45. The van der Waals surface area contributed by atoms with Crippen molar-refractivity contribution in [3.05, 3.63) is 46.9 Å². The monoisotopic (exact) mass is 377 g/mol. The summed E-state index contributed by atoms with van der Waals surface area (Å²) in [6.45, 7) is 6.04. The summed E-state index contributed by atoms with van der Waals surface area (Å²) in [7, 11) is 2.15. The number of phenols is 1. The van der Waals surface area contributed by atoms with Crippen molar-refractivity contribution in [3.63, 3.8) is 0 Å². The lowest BCUT2D eigenvalue weighted by atomic mass is 10.1. The van der Waals surface area contributed by atoms with Crippen LogP contribution in [-0.2, 0) is 0 Å². The van der Waals surface area contributed by atoms with Gasteiger partial charge in [-0.3, -0.25) is 14.1 Å². The lowest BCUT2D eigenvalue weighted by molar-refractivity contribution is 0.158. The van der Waals surface area contributed by atoms with Gasteiger partial charge in [-0.1, -0.05) is 0 Å². The number of nitrogens with one attached hydrogen (secondary N) is 1. The number of fused-ring (bicyclic) bond motifs is 2. The van der Waals surface area contributed by atoms with Gasteiger partial charge in [-0.25, -0.2) is 4.98 Å². The number of aromatic hydroxyl groups is 1. The Bertz CT molecular complexity index is 1210. The molecule has 0 atom stereocenters. The molecule has 0 unspecified atom stereocenters. The fourth-order valence-electron chi connectivity index (χ4n) is 4.14. The van der Waals surface area contributed by atoms with E-state index in [9.17, 15) is 9.90 Å². The van der Waals surface area contributed by atoms with Crippen LogP contribution in [-0.4, -0.2) is 70.6 Å². The molecule has 1 fully saturated rings. The van der Waals surface area contributed by atoms with Crippen molar-refractivity contribution in [2.45, 2.75) is 0 Å². The number of nitrogens with zero attached hydrogens (tertiary/aromatic N) is 4. The summed E-state index contributed by atoms with van der Waals surface area (Å²) in [5.74, 6) is 0.0902. The van der Waals surface area contributed by atoms with E-state index in [0.717, 1.165) is 61.5 Å². The summed E-state index contributed by atoms with van der Waals surface area (Å²) in [5.41, 5.74) is 3.13. The van der Waals surface area contributed by atoms with Crippen LogP contribution in [0.15, 0.2) is 41.5 Å². The van der Waals surface area contributed by atoms with E-state index in [-0.39, 0.29) is 11.2 Å². The van der Waals surface area contributed by atoms with Gasteiger partial charge in [0.05, 0.1) is 27.3 Å². The van der Waals surface area contributed by atoms with Crippen LogP contribution in [0, 0.1) is 0 Å². The molecule has 0 saturated carbocycles. The van der Waals surface area contributed by atoms with Gasteiger partial charge in [0.15, 0.2) is 5.43 Å². The third-order valence-electron chi connectivity index (χ3n) is 5.76. The maximum absolute atomic E-state index is 13.3. The molecule has 7 heteroatoms. The van der Waals surface area contributed by atoms with Gasteiger partial charge in [-0.2, -0.15) is 0 Å². The first-order valence-electron chi connectivity index (χ1n) is 9.65. The fourth-order valence-corrected chi connectivity index (χ4v) is 4.14. The van der Waals surface area contributed by atoms with Crippen molar-refractivity contribution < 1.29 is 5.11 Å². The number of piperazine rings is 1. The highest BCUT2D eigenvalue weighted by Crippen LogP contribution is 2.29. The first kappa shape index (κ1) is 17.2. The van der Waals surface area contributed by atoms with Gasteiger partial charge in [-0.15, -0.1) is 0 Å². The van der Waals surface area contributed by atoms with Gasteiger partial charge >= 0.3 is 0 Å². The number of hydrogen-bond acceptors (Lipinski definition) is 6. The molecular weight excluding hydrogens is 354 g/mol. The van der Waals surface area contributed by atoms with Gasteiger partial charge in [0.1, 0.15) is 12.1 Å². The molecule has 2 N–H and O–H groups in total. The van der Waals surface area contributed by atoms with Crippen molar-refractivity contribution in [2.24, 2.45) is 0 Å². The lowest BCUT2D eigenvalue weighted by Gasteiger charge is -2.32. The Morgan fingerprint density at radius 3 is 2.79 bits per heavy atom. The summed E-state index contributed by atoms with van der Waals surface area (Å²) >= 11 is 0. The number of rotatable bonds is 4. The number of pyridine rings is 1. The highest BCUT2D eigenvalue weighted by molar-refractivity contribution is 6.07. The molecule has 0 spiro atoms. The Kier molecular flexibility index (Phi) is 4.07. The largest absolute Gasteiger partial charge is 0.508 e. The SMILES string of the molecule is CN1CCN(CCNc2ccc3ncn4c5ccc(O)cc5c(=O)c2c34)CC1. The zero-order valence-electron chi connectivity index (χ0n) is 15.9. The molecule has 0 bridgehead atoms. The van der Waals surface area contributed by atoms with E-state index in [0.29, 0.717) is 10.8 Å². The number of hydrogen-bond donors (Lipinski definition) is 2. The van der Waals surface area contributed by atoms with E-state index < -0.39 is 0 Å². The number of likely N-dealkylation sites (N-methyl/N-ethyl adjacent to an activating group) is 1. The zero-order valence-corrected chi connectivity index (χ0v) is 15.9. The second-order valence-corrected chi connectivity index (χ2v) is 7.57. The normalized spacial score (nSPS) is 16.5. The summed E-state index contributed by atoms with van der Waals surface area (Å²) in [4.78, 5) is 22.5. The number of benzene rings is 2. The summed E-state index contributed by atoms with van der Waals surface area (Å²) < 4.78 is 1.94. The summed E-state index contributed by atoms with van der Waals surface area (Å²) in [6, 6.07) is 8.78. The van der Waals surface area contributed by atoms with E-state index in [4.69, 9.17) is 0 Å². The second kappa shape index (κ2) is 6.61. The van der Waals surface area contributed by atoms with Gasteiger partial charge < -0.3 is 15.3 Å². The Labute approximate surface area is 162 Å². The molecule has 1 aliphatic heterocycles. The van der Waals surface area contributed by atoms with Crippen molar-refractivity contribution in [1.82, 2.24) is 19.2 Å². The Morgan fingerprint density at radius 2 is 1.96 bits per heavy atom. The fraction of sp³-hybridized carbons (Fsp3) is 0.333. The van der Waals surface area contributed by atoms with Crippen LogP contribution in [0.25, 0.3) is 27.3 Å². The topological polar surface area (TPSA) is 73.1 Å². The Balaban J connectivity index is 1.53. The average Bonchev–Trinajstić information content (AvgIpc) is 3.12.